The zero-order valence-corrected chi connectivity index (χ0v) is 17.2. The van der Waals surface area contributed by atoms with Gasteiger partial charge in [-0.05, 0) is 96.4 Å². The number of aliphatic hydroxyl groups excluding tert-OH is 1. The van der Waals surface area contributed by atoms with Crippen LogP contribution in [-0.4, -0.2) is 18.3 Å². The molecule has 0 aliphatic heterocycles. The third kappa shape index (κ3) is 3.02. The molecule has 3 aliphatic carbocycles. The van der Waals surface area contributed by atoms with Crippen molar-refractivity contribution in [3.63, 3.8) is 0 Å². The first kappa shape index (κ1) is 18.9. The first-order valence-corrected chi connectivity index (χ1v) is 10.8. The lowest BCUT2D eigenvalue weighted by Crippen LogP contribution is -2.44. The second-order valence-corrected chi connectivity index (χ2v) is 9.40. The molecule has 2 fully saturated rings. The average molecular weight is 393 g/mol. The number of methoxy groups -OCH3 is 1. The second-order valence-electron chi connectivity index (χ2n) is 9.40. The van der Waals surface area contributed by atoms with Crippen LogP contribution in [0, 0.1) is 23.1 Å². The quantitative estimate of drug-likeness (QED) is 0.706. The zero-order valence-electron chi connectivity index (χ0n) is 17.2. The first-order valence-electron chi connectivity index (χ1n) is 10.8. The molecular weight excluding hydrogens is 363 g/mol. The SMILES string of the molecule is COc1ccc2c(c1)CC[C@H]1[C@@H]2CC[C@@]2(C)[C@@H](O)/C(=C/c3ccc(F)cc3)C[C@@H]12. The van der Waals surface area contributed by atoms with Gasteiger partial charge in [0.1, 0.15) is 11.6 Å². The van der Waals surface area contributed by atoms with Gasteiger partial charge in [0, 0.05) is 5.41 Å². The Morgan fingerprint density at radius 2 is 1.93 bits per heavy atom. The van der Waals surface area contributed by atoms with Gasteiger partial charge in [0.15, 0.2) is 0 Å². The molecular formula is C26H29FO2. The van der Waals surface area contributed by atoms with E-state index in [9.17, 15) is 9.50 Å². The number of hydrogen-bond donors (Lipinski definition) is 1. The molecule has 3 heteroatoms. The van der Waals surface area contributed by atoms with Gasteiger partial charge in [-0.15, -0.1) is 0 Å². The summed E-state index contributed by atoms with van der Waals surface area (Å²) in [7, 11) is 1.73. The molecule has 152 valence electrons. The van der Waals surface area contributed by atoms with Crippen molar-refractivity contribution in [2.24, 2.45) is 17.3 Å². The summed E-state index contributed by atoms with van der Waals surface area (Å²) in [4.78, 5) is 0. The minimum absolute atomic E-state index is 0.0585. The van der Waals surface area contributed by atoms with Crippen molar-refractivity contribution in [2.45, 2.75) is 51.0 Å². The minimum atomic E-state index is -0.407. The molecule has 2 aromatic carbocycles. The number of aliphatic hydroxyl groups is 1. The predicted octanol–water partition coefficient (Wildman–Crippen LogP) is 5.74. The van der Waals surface area contributed by atoms with Crippen LogP contribution in [0.4, 0.5) is 4.39 Å². The number of rotatable bonds is 2. The minimum Gasteiger partial charge on any atom is -0.497 e. The molecule has 0 heterocycles. The highest BCUT2D eigenvalue weighted by atomic mass is 19.1. The average Bonchev–Trinajstić information content (AvgIpc) is 2.99. The van der Waals surface area contributed by atoms with Crippen LogP contribution in [0.3, 0.4) is 0 Å². The number of fused-ring (bicyclic) bond motifs is 5. The Kier molecular flexibility index (Phi) is 4.54. The van der Waals surface area contributed by atoms with Gasteiger partial charge in [-0.3, -0.25) is 0 Å². The smallest absolute Gasteiger partial charge is 0.123 e. The molecule has 0 saturated heterocycles. The Labute approximate surface area is 172 Å². The topological polar surface area (TPSA) is 29.5 Å². The summed E-state index contributed by atoms with van der Waals surface area (Å²) >= 11 is 0. The van der Waals surface area contributed by atoms with E-state index in [1.807, 2.05) is 0 Å². The largest absolute Gasteiger partial charge is 0.497 e. The molecule has 29 heavy (non-hydrogen) atoms. The Balaban J connectivity index is 1.46. The highest BCUT2D eigenvalue weighted by molar-refractivity contribution is 5.55. The summed E-state index contributed by atoms with van der Waals surface area (Å²) < 4.78 is 18.7. The van der Waals surface area contributed by atoms with Crippen LogP contribution in [-0.2, 0) is 6.42 Å². The summed E-state index contributed by atoms with van der Waals surface area (Å²) in [6.07, 6.45) is 7.08. The fourth-order valence-electron chi connectivity index (χ4n) is 6.46. The van der Waals surface area contributed by atoms with Gasteiger partial charge in [-0.1, -0.05) is 31.2 Å². The van der Waals surface area contributed by atoms with Gasteiger partial charge in [-0.25, -0.2) is 4.39 Å². The molecule has 0 amide bonds. The van der Waals surface area contributed by atoms with Crippen LogP contribution < -0.4 is 4.74 Å². The summed E-state index contributed by atoms with van der Waals surface area (Å²) in [6, 6.07) is 13.2. The predicted molar refractivity (Wildman–Crippen MR) is 113 cm³/mol. The van der Waals surface area contributed by atoms with Crippen molar-refractivity contribution in [3.05, 3.63) is 70.5 Å². The molecule has 0 spiro atoms. The van der Waals surface area contributed by atoms with Crippen LogP contribution in [0.5, 0.6) is 5.75 Å². The number of aryl methyl sites for hydroxylation is 1. The molecule has 0 aromatic heterocycles. The first-order chi connectivity index (χ1) is 14.0. The van der Waals surface area contributed by atoms with Crippen molar-refractivity contribution in [3.8, 4) is 5.75 Å². The van der Waals surface area contributed by atoms with E-state index in [2.05, 4.69) is 31.2 Å². The van der Waals surface area contributed by atoms with Crippen LogP contribution in [0.25, 0.3) is 6.08 Å². The van der Waals surface area contributed by atoms with Crippen molar-refractivity contribution in [2.75, 3.05) is 7.11 Å². The summed E-state index contributed by atoms with van der Waals surface area (Å²) in [5, 5.41) is 11.3. The van der Waals surface area contributed by atoms with E-state index in [1.165, 1.54) is 29.7 Å². The van der Waals surface area contributed by atoms with Crippen molar-refractivity contribution in [1.29, 1.82) is 0 Å². The van der Waals surface area contributed by atoms with Gasteiger partial charge in [0.2, 0.25) is 0 Å². The highest BCUT2D eigenvalue weighted by Gasteiger charge is 2.56. The lowest BCUT2D eigenvalue weighted by Gasteiger charge is -2.49. The molecule has 5 rings (SSSR count). The van der Waals surface area contributed by atoms with Crippen LogP contribution in [0.15, 0.2) is 48.0 Å². The summed E-state index contributed by atoms with van der Waals surface area (Å²) in [5.41, 5.74) is 4.96. The van der Waals surface area contributed by atoms with Crippen LogP contribution in [0.2, 0.25) is 0 Å². The monoisotopic (exact) mass is 392 g/mol. The van der Waals surface area contributed by atoms with E-state index in [1.54, 1.807) is 19.2 Å². The second kappa shape index (κ2) is 6.98. The lowest BCUT2D eigenvalue weighted by atomic mass is 9.55. The summed E-state index contributed by atoms with van der Waals surface area (Å²) in [5.74, 6) is 2.42. The van der Waals surface area contributed by atoms with Gasteiger partial charge < -0.3 is 9.84 Å². The fraction of sp³-hybridized carbons (Fsp3) is 0.462. The molecule has 5 atom stereocenters. The van der Waals surface area contributed by atoms with Crippen molar-refractivity contribution in [1.82, 2.24) is 0 Å². The van der Waals surface area contributed by atoms with E-state index >= 15 is 0 Å². The number of halogens is 1. The maximum absolute atomic E-state index is 13.3. The van der Waals surface area contributed by atoms with Crippen LogP contribution >= 0.6 is 0 Å². The Hall–Kier alpha value is -2.13. The van der Waals surface area contributed by atoms with Gasteiger partial charge in [0.25, 0.3) is 0 Å². The molecule has 3 aliphatic rings. The molecule has 0 radical (unpaired) electrons. The molecule has 0 bridgehead atoms. The highest BCUT2D eigenvalue weighted by Crippen LogP contribution is 2.62. The molecule has 2 saturated carbocycles. The normalized spacial score (nSPS) is 34.4. The maximum Gasteiger partial charge on any atom is 0.123 e. The van der Waals surface area contributed by atoms with E-state index in [4.69, 9.17) is 4.74 Å². The van der Waals surface area contributed by atoms with E-state index < -0.39 is 6.10 Å². The third-order valence-electron chi connectivity index (χ3n) is 8.02. The molecule has 0 unspecified atom stereocenters. The van der Waals surface area contributed by atoms with E-state index in [-0.39, 0.29) is 11.2 Å². The van der Waals surface area contributed by atoms with Gasteiger partial charge >= 0.3 is 0 Å². The molecule has 2 aromatic rings. The molecule has 1 N–H and O–H groups in total. The van der Waals surface area contributed by atoms with E-state index in [0.717, 1.165) is 42.6 Å². The Morgan fingerprint density at radius 3 is 2.69 bits per heavy atom. The standard InChI is InChI=1S/C26H29FO2/c1-26-12-11-22-21-10-8-20(29-2)14-17(21)5-9-23(22)24(26)15-18(25(26)28)13-16-3-6-19(27)7-4-16/h3-4,6-8,10,13-14,22-25,28H,5,9,11-12,15H2,1-2H3/b18-13+/t22-,23+,24+,25+,26-/m1/s1. The number of ether oxygens (including phenoxy) is 1. The van der Waals surface area contributed by atoms with E-state index in [0.29, 0.717) is 17.8 Å². The lowest BCUT2D eigenvalue weighted by molar-refractivity contribution is -0.0158. The molecule has 2 nitrogen and oxygen atoms in total. The number of hydrogen-bond acceptors (Lipinski definition) is 2. The Morgan fingerprint density at radius 1 is 1.14 bits per heavy atom. The third-order valence-corrected chi connectivity index (χ3v) is 8.02. The van der Waals surface area contributed by atoms with Crippen molar-refractivity contribution >= 4 is 6.08 Å². The summed E-state index contributed by atoms with van der Waals surface area (Å²) in [6.45, 7) is 2.29. The number of benzene rings is 2. The zero-order chi connectivity index (χ0) is 20.2. The maximum atomic E-state index is 13.3. The van der Waals surface area contributed by atoms with Crippen molar-refractivity contribution < 1.29 is 14.2 Å². The fourth-order valence-corrected chi connectivity index (χ4v) is 6.46. The Bertz CT molecular complexity index is 948. The van der Waals surface area contributed by atoms with Crippen LogP contribution in [0.1, 0.15) is 55.2 Å². The van der Waals surface area contributed by atoms with Gasteiger partial charge in [-0.2, -0.15) is 0 Å². The van der Waals surface area contributed by atoms with Gasteiger partial charge in [0.05, 0.1) is 13.2 Å².